The molecule has 3 aromatic heterocycles. The third kappa shape index (κ3) is 4.40. The first-order valence-electron chi connectivity index (χ1n) is 8.79. The van der Waals surface area contributed by atoms with E-state index in [-0.39, 0.29) is 5.91 Å². The Labute approximate surface area is 165 Å². The van der Waals surface area contributed by atoms with Crippen LogP contribution in [0, 0.1) is 5.92 Å². The van der Waals surface area contributed by atoms with Gasteiger partial charge in [-0.3, -0.25) is 9.69 Å². The summed E-state index contributed by atoms with van der Waals surface area (Å²) in [5.41, 5.74) is 1.63. The largest absolute Gasteiger partial charge is 0.350 e. The molecule has 26 heavy (non-hydrogen) atoms. The number of nitrogens with one attached hydrogen (secondary N) is 1. The summed E-state index contributed by atoms with van der Waals surface area (Å²) in [5.74, 6) is 0.511. The Balaban J connectivity index is 1.23. The molecule has 0 atom stereocenters. The molecule has 1 aliphatic rings. The molecular weight excluding hydrogens is 382 g/mol. The maximum atomic E-state index is 12.4. The van der Waals surface area contributed by atoms with Crippen LogP contribution in [0.3, 0.4) is 0 Å². The predicted octanol–water partition coefficient (Wildman–Crippen LogP) is 4.58. The number of carbonyl (C=O) groups is 1. The third-order valence-electron chi connectivity index (χ3n) is 4.72. The summed E-state index contributed by atoms with van der Waals surface area (Å²) >= 11 is 5.00. The van der Waals surface area contributed by atoms with Gasteiger partial charge in [-0.15, -0.1) is 22.7 Å². The fraction of sp³-hybridized carbons (Fsp3) is 0.368. The highest BCUT2D eigenvalue weighted by Crippen LogP contribution is 2.26. The van der Waals surface area contributed by atoms with Crippen LogP contribution >= 0.6 is 34.0 Å². The molecule has 1 N–H and O–H groups in total. The zero-order valence-electron chi connectivity index (χ0n) is 14.4. The normalized spacial score (nSPS) is 16.0. The third-order valence-corrected chi connectivity index (χ3v) is 7.16. The minimum absolute atomic E-state index is 0.0521. The number of nitrogens with zero attached hydrogens (tertiary/aromatic N) is 2. The van der Waals surface area contributed by atoms with Crippen LogP contribution in [-0.4, -0.2) is 35.4 Å². The van der Waals surface area contributed by atoms with Gasteiger partial charge in [0.1, 0.15) is 10.7 Å². The molecule has 0 radical (unpaired) electrons. The monoisotopic (exact) mass is 403 g/mol. The lowest BCUT2D eigenvalue weighted by Gasteiger charge is -2.31. The zero-order valence-corrected chi connectivity index (χ0v) is 16.8. The van der Waals surface area contributed by atoms with E-state index in [0.717, 1.165) is 49.6 Å². The van der Waals surface area contributed by atoms with Crippen LogP contribution in [0.4, 0.5) is 0 Å². The van der Waals surface area contributed by atoms with E-state index in [1.807, 2.05) is 28.2 Å². The first-order valence-corrected chi connectivity index (χ1v) is 11.5. The Kier molecular flexibility index (Phi) is 5.79. The number of hydrogen-bond acceptors (Lipinski definition) is 6. The quantitative estimate of drug-likeness (QED) is 0.655. The highest BCUT2D eigenvalue weighted by Gasteiger charge is 2.21. The molecular formula is C19H21N3OS3. The molecule has 7 heteroatoms. The average Bonchev–Trinajstić information content (AvgIpc) is 3.42. The van der Waals surface area contributed by atoms with Gasteiger partial charge in [-0.1, -0.05) is 6.07 Å². The molecule has 0 bridgehead atoms. The van der Waals surface area contributed by atoms with Crippen molar-refractivity contribution in [1.29, 1.82) is 0 Å². The summed E-state index contributed by atoms with van der Waals surface area (Å²) in [6.45, 7) is 4.02. The van der Waals surface area contributed by atoms with Gasteiger partial charge in [-0.25, -0.2) is 4.98 Å². The maximum absolute atomic E-state index is 12.4. The second-order valence-corrected chi connectivity index (χ2v) is 9.23. The minimum atomic E-state index is -0.0521. The van der Waals surface area contributed by atoms with E-state index in [1.165, 1.54) is 16.2 Å². The fourth-order valence-electron chi connectivity index (χ4n) is 3.20. The van der Waals surface area contributed by atoms with Gasteiger partial charge in [0.15, 0.2) is 0 Å². The molecule has 4 nitrogen and oxygen atoms in total. The van der Waals surface area contributed by atoms with E-state index in [0.29, 0.717) is 11.6 Å². The molecule has 0 saturated carbocycles. The minimum Gasteiger partial charge on any atom is -0.350 e. The van der Waals surface area contributed by atoms with Gasteiger partial charge in [0.2, 0.25) is 0 Å². The number of piperidine rings is 1. The SMILES string of the molecule is O=C(NCC1CCN(Cc2cccs2)CC1)c1csc(-c2ccsc2)n1. The highest BCUT2D eigenvalue weighted by atomic mass is 32.1. The number of hydrogen-bond donors (Lipinski definition) is 1. The smallest absolute Gasteiger partial charge is 0.270 e. The van der Waals surface area contributed by atoms with Gasteiger partial charge in [0, 0.05) is 34.3 Å². The molecule has 1 aliphatic heterocycles. The van der Waals surface area contributed by atoms with E-state index < -0.39 is 0 Å². The molecule has 0 aromatic carbocycles. The van der Waals surface area contributed by atoms with Gasteiger partial charge in [0.25, 0.3) is 5.91 Å². The first kappa shape index (κ1) is 17.9. The molecule has 1 amide bonds. The van der Waals surface area contributed by atoms with Crippen molar-refractivity contribution in [3.63, 3.8) is 0 Å². The Morgan fingerprint density at radius 3 is 2.81 bits per heavy atom. The van der Waals surface area contributed by atoms with Gasteiger partial charge in [-0.05, 0) is 54.7 Å². The van der Waals surface area contributed by atoms with E-state index in [9.17, 15) is 4.79 Å². The van der Waals surface area contributed by atoms with Gasteiger partial charge in [-0.2, -0.15) is 11.3 Å². The summed E-state index contributed by atoms with van der Waals surface area (Å²) in [5, 5.41) is 12.1. The number of amides is 1. The number of likely N-dealkylation sites (tertiary alicyclic amines) is 1. The second-order valence-electron chi connectivity index (χ2n) is 6.56. The molecule has 4 heterocycles. The lowest BCUT2D eigenvalue weighted by Crippen LogP contribution is -2.38. The molecule has 0 spiro atoms. The number of thiazole rings is 1. The van der Waals surface area contributed by atoms with Crippen LogP contribution in [0.25, 0.3) is 10.6 Å². The average molecular weight is 404 g/mol. The summed E-state index contributed by atoms with van der Waals surface area (Å²) in [4.78, 5) is 20.8. The van der Waals surface area contributed by atoms with Crippen LogP contribution in [0.15, 0.2) is 39.7 Å². The highest BCUT2D eigenvalue weighted by molar-refractivity contribution is 7.14. The van der Waals surface area contributed by atoms with E-state index in [2.05, 4.69) is 38.1 Å². The van der Waals surface area contributed by atoms with Gasteiger partial charge in [0.05, 0.1) is 0 Å². The molecule has 1 saturated heterocycles. The molecule has 3 aromatic rings. The zero-order chi connectivity index (χ0) is 17.8. The summed E-state index contributed by atoms with van der Waals surface area (Å²) in [6, 6.07) is 6.36. The van der Waals surface area contributed by atoms with Crippen LogP contribution in [0.5, 0.6) is 0 Å². The Morgan fingerprint density at radius 1 is 1.19 bits per heavy atom. The Hall–Kier alpha value is -1.54. The van der Waals surface area contributed by atoms with Crippen LogP contribution in [-0.2, 0) is 6.54 Å². The number of aromatic nitrogens is 1. The Morgan fingerprint density at radius 2 is 2.08 bits per heavy atom. The van der Waals surface area contributed by atoms with Crippen molar-refractivity contribution in [3.05, 3.63) is 50.3 Å². The summed E-state index contributed by atoms with van der Waals surface area (Å²) < 4.78 is 0. The number of carbonyl (C=O) groups excluding carboxylic acids is 1. The van der Waals surface area contributed by atoms with Gasteiger partial charge < -0.3 is 5.32 Å². The van der Waals surface area contributed by atoms with E-state index in [4.69, 9.17) is 0 Å². The maximum Gasteiger partial charge on any atom is 0.270 e. The molecule has 0 aliphatic carbocycles. The number of rotatable bonds is 6. The molecule has 4 rings (SSSR count). The van der Waals surface area contributed by atoms with Crippen molar-refractivity contribution in [1.82, 2.24) is 15.2 Å². The number of thiophene rings is 2. The summed E-state index contributed by atoms with van der Waals surface area (Å²) in [7, 11) is 0. The van der Waals surface area contributed by atoms with Crippen LogP contribution < -0.4 is 5.32 Å². The van der Waals surface area contributed by atoms with E-state index >= 15 is 0 Å². The van der Waals surface area contributed by atoms with Crippen molar-refractivity contribution in [2.24, 2.45) is 5.92 Å². The van der Waals surface area contributed by atoms with Crippen molar-refractivity contribution in [2.75, 3.05) is 19.6 Å². The molecule has 1 fully saturated rings. The van der Waals surface area contributed by atoms with E-state index in [1.54, 1.807) is 11.3 Å². The summed E-state index contributed by atoms with van der Waals surface area (Å²) in [6.07, 6.45) is 2.28. The predicted molar refractivity (Wildman–Crippen MR) is 110 cm³/mol. The Bertz CT molecular complexity index is 818. The van der Waals surface area contributed by atoms with Crippen LogP contribution in [0.1, 0.15) is 28.2 Å². The van der Waals surface area contributed by atoms with Crippen molar-refractivity contribution < 1.29 is 4.79 Å². The lowest BCUT2D eigenvalue weighted by atomic mass is 9.96. The fourth-order valence-corrected chi connectivity index (χ4v) is 5.45. The molecule has 0 unspecified atom stereocenters. The molecule has 136 valence electrons. The second kappa shape index (κ2) is 8.43. The first-order chi connectivity index (χ1) is 12.8. The van der Waals surface area contributed by atoms with Crippen molar-refractivity contribution >= 4 is 39.9 Å². The topological polar surface area (TPSA) is 45.2 Å². The van der Waals surface area contributed by atoms with Gasteiger partial charge >= 0.3 is 0 Å². The van der Waals surface area contributed by atoms with Crippen molar-refractivity contribution in [3.8, 4) is 10.6 Å². The van der Waals surface area contributed by atoms with Crippen LogP contribution in [0.2, 0.25) is 0 Å². The van der Waals surface area contributed by atoms with Crippen molar-refractivity contribution in [2.45, 2.75) is 19.4 Å². The lowest BCUT2D eigenvalue weighted by molar-refractivity contribution is 0.0931. The standard InChI is InChI=1S/C19H21N3OS3/c23-18(17-13-26-19(21-17)15-5-9-24-12-15)20-10-14-3-6-22(7-4-14)11-16-2-1-8-25-16/h1-2,5,8-9,12-14H,3-4,6-7,10-11H2,(H,20,23).